The number of imidazole rings is 1. The summed E-state index contributed by atoms with van der Waals surface area (Å²) >= 11 is 7.25. The van der Waals surface area contributed by atoms with Gasteiger partial charge in [0.05, 0.1) is 16.9 Å². The number of nitro benzene ring substituents is 1. The number of thioether (sulfide) groups is 1. The lowest BCUT2D eigenvalue weighted by molar-refractivity contribution is -0.396. The third kappa shape index (κ3) is 4.38. The highest BCUT2D eigenvalue weighted by Gasteiger charge is 2.12. The maximum atomic E-state index is 11.9. The van der Waals surface area contributed by atoms with Crippen LogP contribution in [0, 0.1) is 10.1 Å². The van der Waals surface area contributed by atoms with Crippen LogP contribution in [0.5, 0.6) is 0 Å². The van der Waals surface area contributed by atoms with Crippen LogP contribution in [-0.2, 0) is 4.79 Å². The Balaban J connectivity index is 1.56. The van der Waals surface area contributed by atoms with E-state index in [-0.39, 0.29) is 17.3 Å². The number of aromatic amines is 2. The molecule has 0 aliphatic carbocycles. The van der Waals surface area contributed by atoms with Gasteiger partial charge in [0.1, 0.15) is 0 Å². The molecule has 0 atom stereocenters. The molecule has 2 aromatic carbocycles. The van der Waals surface area contributed by atoms with Gasteiger partial charge in [0.2, 0.25) is 0 Å². The quantitative estimate of drug-likeness (QED) is 0.291. The molecule has 3 N–H and O–H groups in total. The minimum Gasteiger partial charge on any atom is -0.272 e. The Kier molecular flexibility index (Phi) is 5.49. The van der Waals surface area contributed by atoms with Crippen molar-refractivity contribution in [2.75, 3.05) is 5.75 Å². The van der Waals surface area contributed by atoms with Crippen molar-refractivity contribution >= 4 is 52.2 Å². The van der Waals surface area contributed by atoms with Gasteiger partial charge in [-0.1, -0.05) is 23.7 Å². The molecule has 3 aromatic rings. The number of benzene rings is 2. The molecule has 26 heavy (non-hydrogen) atoms. The molecule has 1 heterocycles. The van der Waals surface area contributed by atoms with Crippen molar-refractivity contribution < 1.29 is 14.7 Å². The van der Waals surface area contributed by atoms with E-state index in [0.29, 0.717) is 10.6 Å². The summed E-state index contributed by atoms with van der Waals surface area (Å²) in [4.78, 5) is 28.4. The third-order valence-corrected chi connectivity index (χ3v) is 4.60. The summed E-state index contributed by atoms with van der Waals surface area (Å²) in [6, 6.07) is 11.7. The van der Waals surface area contributed by atoms with Crippen LogP contribution in [0.25, 0.3) is 11.0 Å². The van der Waals surface area contributed by atoms with Crippen LogP contribution in [0.2, 0.25) is 5.02 Å². The maximum absolute atomic E-state index is 11.9. The smallest absolute Gasteiger partial charge is 0.272 e. The molecule has 0 unspecified atom stereocenters. The van der Waals surface area contributed by atoms with E-state index in [0.717, 1.165) is 16.2 Å². The molecule has 10 heteroatoms. The van der Waals surface area contributed by atoms with Crippen LogP contribution in [0.4, 0.5) is 5.69 Å². The topological polar surface area (TPSA) is 115 Å². The van der Waals surface area contributed by atoms with E-state index in [4.69, 9.17) is 11.6 Å². The van der Waals surface area contributed by atoms with E-state index in [2.05, 4.69) is 20.5 Å². The molecule has 132 valence electrons. The number of carbonyl (C=O) groups excluding carboxylic acids is 1. The van der Waals surface area contributed by atoms with Gasteiger partial charge < -0.3 is 0 Å². The number of fused-ring (bicyclic) bond motifs is 1. The van der Waals surface area contributed by atoms with E-state index in [1.807, 2.05) is 24.3 Å². The number of amides is 1. The average Bonchev–Trinajstić information content (AvgIpc) is 3.04. The van der Waals surface area contributed by atoms with E-state index < -0.39 is 4.92 Å². The monoisotopic (exact) mass is 390 g/mol. The van der Waals surface area contributed by atoms with Crippen molar-refractivity contribution in [3.05, 3.63) is 63.2 Å². The summed E-state index contributed by atoms with van der Waals surface area (Å²) in [6.45, 7) is 0. The molecule has 0 spiro atoms. The van der Waals surface area contributed by atoms with E-state index in [9.17, 15) is 14.9 Å². The Morgan fingerprint density at radius 3 is 2.96 bits per heavy atom. The second-order valence-corrected chi connectivity index (χ2v) is 6.56. The van der Waals surface area contributed by atoms with Crippen LogP contribution in [0.1, 0.15) is 5.56 Å². The first-order chi connectivity index (χ1) is 12.5. The van der Waals surface area contributed by atoms with Gasteiger partial charge in [-0.15, -0.1) is 0 Å². The van der Waals surface area contributed by atoms with Gasteiger partial charge in [0.15, 0.2) is 11.0 Å². The number of aromatic nitrogens is 2. The second-order valence-electron chi connectivity index (χ2n) is 5.17. The number of hydrogen-bond donors (Lipinski definition) is 2. The molecule has 1 amide bonds. The van der Waals surface area contributed by atoms with Crippen molar-refractivity contribution in [3.8, 4) is 0 Å². The van der Waals surface area contributed by atoms with E-state index >= 15 is 0 Å². The highest BCUT2D eigenvalue weighted by atomic mass is 35.5. The zero-order valence-electron chi connectivity index (χ0n) is 13.2. The number of nitro groups is 1. The third-order valence-electron chi connectivity index (χ3n) is 3.35. The number of para-hydroxylation sites is 2. The number of halogens is 1. The van der Waals surface area contributed by atoms with Crippen molar-refractivity contribution in [2.45, 2.75) is 5.16 Å². The highest BCUT2D eigenvalue weighted by Crippen LogP contribution is 2.20. The molecule has 0 aliphatic rings. The standard InChI is InChI=1S/C16H12ClN5O3S/c17-12-6-5-11(22(24)25)7-10(12)8-18-21-15(23)9-26-16-19-13-3-1-2-4-14(13)20-16/h1-8H,9H2,(H,19,20)(H,21,23)/p+1. The van der Waals surface area contributed by atoms with Crippen LogP contribution >= 0.6 is 23.4 Å². The van der Waals surface area contributed by atoms with Gasteiger partial charge in [0.25, 0.3) is 11.6 Å². The summed E-state index contributed by atoms with van der Waals surface area (Å²) in [5.41, 5.74) is 4.51. The number of rotatable bonds is 6. The Labute approximate surface area is 156 Å². The second kappa shape index (κ2) is 7.98. The summed E-state index contributed by atoms with van der Waals surface area (Å²) in [7, 11) is 0. The summed E-state index contributed by atoms with van der Waals surface area (Å²) in [5.74, 6) is -0.177. The predicted molar refractivity (Wildman–Crippen MR) is 99.4 cm³/mol. The number of carbonyl (C=O) groups is 1. The largest absolute Gasteiger partial charge is 0.315 e. The molecule has 0 aliphatic heterocycles. The molecular weight excluding hydrogens is 378 g/mol. The van der Waals surface area contributed by atoms with Gasteiger partial charge in [-0.2, -0.15) is 5.10 Å². The molecule has 0 fully saturated rings. The summed E-state index contributed by atoms with van der Waals surface area (Å²) < 4.78 is 0. The van der Waals surface area contributed by atoms with Gasteiger partial charge in [-0.3, -0.25) is 14.9 Å². The molecule has 3 rings (SSSR count). The fourth-order valence-electron chi connectivity index (χ4n) is 2.14. The van der Waals surface area contributed by atoms with Crippen LogP contribution in [0.3, 0.4) is 0 Å². The molecular formula is C16H13ClN5O3S+. The zero-order valence-corrected chi connectivity index (χ0v) is 14.8. The molecule has 0 bridgehead atoms. The van der Waals surface area contributed by atoms with Crippen LogP contribution < -0.4 is 10.4 Å². The van der Waals surface area contributed by atoms with E-state index in [1.54, 1.807) is 0 Å². The van der Waals surface area contributed by atoms with E-state index in [1.165, 1.54) is 36.2 Å². The number of H-pyrrole nitrogens is 2. The first-order valence-corrected chi connectivity index (χ1v) is 8.78. The Morgan fingerprint density at radius 1 is 1.38 bits per heavy atom. The Hall–Kier alpha value is -2.91. The van der Waals surface area contributed by atoms with Crippen molar-refractivity contribution in [1.29, 1.82) is 0 Å². The highest BCUT2D eigenvalue weighted by molar-refractivity contribution is 7.99. The summed E-state index contributed by atoms with van der Waals surface area (Å²) in [6.07, 6.45) is 1.27. The van der Waals surface area contributed by atoms with Crippen molar-refractivity contribution in [2.24, 2.45) is 5.10 Å². The first-order valence-electron chi connectivity index (χ1n) is 7.41. The fraction of sp³-hybridized carbons (Fsp3) is 0.0625. The van der Waals surface area contributed by atoms with Gasteiger partial charge >= 0.3 is 5.16 Å². The number of non-ortho nitro benzene ring substituents is 1. The molecule has 0 saturated heterocycles. The number of nitrogens with zero attached hydrogens (tertiary/aromatic N) is 2. The molecule has 0 radical (unpaired) electrons. The van der Waals surface area contributed by atoms with Gasteiger partial charge in [-0.05, 0) is 30.0 Å². The molecule has 0 saturated carbocycles. The van der Waals surface area contributed by atoms with Crippen molar-refractivity contribution in [3.63, 3.8) is 0 Å². The SMILES string of the molecule is O=C(CSc1[nH]c2ccccc2[nH+]1)NN=Cc1cc([N+](=O)[O-])ccc1Cl. The lowest BCUT2D eigenvalue weighted by atomic mass is 10.2. The zero-order chi connectivity index (χ0) is 18.5. The number of nitrogens with one attached hydrogen (secondary N) is 3. The molecule has 8 nitrogen and oxygen atoms in total. The fourth-order valence-corrected chi connectivity index (χ4v) is 3.01. The normalized spacial score (nSPS) is 11.1. The average molecular weight is 391 g/mol. The lowest BCUT2D eigenvalue weighted by Crippen LogP contribution is -2.20. The minimum absolute atomic E-state index is 0.105. The lowest BCUT2D eigenvalue weighted by Gasteiger charge is -1.99. The predicted octanol–water partition coefficient (Wildman–Crippen LogP) is 2.79. The Morgan fingerprint density at radius 2 is 2.19 bits per heavy atom. The molecule has 1 aromatic heterocycles. The minimum atomic E-state index is -0.528. The first kappa shape index (κ1) is 17.9. The maximum Gasteiger partial charge on any atom is 0.315 e. The number of hydrazone groups is 1. The van der Waals surface area contributed by atoms with Crippen LogP contribution in [0.15, 0.2) is 52.7 Å². The van der Waals surface area contributed by atoms with Gasteiger partial charge in [0, 0.05) is 22.7 Å². The van der Waals surface area contributed by atoms with Gasteiger partial charge in [-0.25, -0.2) is 15.4 Å². The summed E-state index contributed by atoms with van der Waals surface area (Å²) in [5, 5.41) is 15.6. The number of hydrogen-bond acceptors (Lipinski definition) is 5. The van der Waals surface area contributed by atoms with Crippen molar-refractivity contribution in [1.82, 2.24) is 10.4 Å². The van der Waals surface area contributed by atoms with Crippen LogP contribution in [-0.4, -0.2) is 27.8 Å². The Bertz CT molecular complexity index is 971.